The standard InChI is InChI=1S/C52H32S/c1-2-12-36-29-39(26-21-33(36)11-1)42-16-6-5-15-41(42)34-22-24-35(25-23-34)51-44-17-7-9-19-46(44)52(47-20-10-8-18-45(47)51)40-27-28-43-48-30-37-13-3-4-14-38(37)31-50(48)53-49(43)32-40/h1-32H. The van der Waals surface area contributed by atoms with Crippen LogP contribution in [0.25, 0.3) is 108 Å². The lowest BCUT2D eigenvalue weighted by molar-refractivity contribution is 1.59. The summed E-state index contributed by atoms with van der Waals surface area (Å²) < 4.78 is 2.66. The molecule has 1 aromatic heterocycles. The lowest BCUT2D eigenvalue weighted by Gasteiger charge is -2.18. The lowest BCUT2D eigenvalue weighted by atomic mass is 9.85. The van der Waals surface area contributed by atoms with Gasteiger partial charge in [0.2, 0.25) is 0 Å². The van der Waals surface area contributed by atoms with Gasteiger partial charge in [-0.05, 0) is 112 Å². The summed E-state index contributed by atoms with van der Waals surface area (Å²) in [4.78, 5) is 0. The molecule has 11 aromatic rings. The summed E-state index contributed by atoms with van der Waals surface area (Å²) in [5.41, 5.74) is 10.00. The predicted octanol–water partition coefficient (Wildman–Crippen LogP) is 15.3. The van der Waals surface area contributed by atoms with Crippen LogP contribution in [0, 0.1) is 0 Å². The molecule has 0 atom stereocenters. The number of hydrogen-bond acceptors (Lipinski definition) is 1. The van der Waals surface area contributed by atoms with Crippen LogP contribution < -0.4 is 0 Å². The summed E-state index contributed by atoms with van der Waals surface area (Å²) in [7, 11) is 0. The molecule has 0 amide bonds. The lowest BCUT2D eigenvalue weighted by Crippen LogP contribution is -1.91. The number of hydrogen-bond donors (Lipinski definition) is 0. The first-order chi connectivity index (χ1) is 26.3. The summed E-state index contributed by atoms with van der Waals surface area (Å²) in [6, 6.07) is 71.8. The Hall–Kier alpha value is -6.54. The van der Waals surface area contributed by atoms with Gasteiger partial charge in [0.15, 0.2) is 0 Å². The van der Waals surface area contributed by atoms with Gasteiger partial charge < -0.3 is 0 Å². The molecule has 11 rings (SSSR count). The summed E-state index contributed by atoms with van der Waals surface area (Å²) in [5.74, 6) is 0. The van der Waals surface area contributed by atoms with Crippen LogP contribution in [0.5, 0.6) is 0 Å². The van der Waals surface area contributed by atoms with Gasteiger partial charge >= 0.3 is 0 Å². The van der Waals surface area contributed by atoms with Crippen LogP contribution in [-0.2, 0) is 0 Å². The molecule has 0 aliphatic rings. The Bertz CT molecular complexity index is 3160. The van der Waals surface area contributed by atoms with Crippen LogP contribution in [-0.4, -0.2) is 0 Å². The molecular formula is C52H32S. The van der Waals surface area contributed by atoms with E-state index in [-0.39, 0.29) is 0 Å². The molecule has 0 saturated carbocycles. The van der Waals surface area contributed by atoms with E-state index in [4.69, 9.17) is 0 Å². The van der Waals surface area contributed by atoms with Gasteiger partial charge in [-0.15, -0.1) is 11.3 Å². The van der Waals surface area contributed by atoms with Crippen molar-refractivity contribution in [1.29, 1.82) is 0 Å². The second kappa shape index (κ2) is 12.0. The molecule has 0 unspecified atom stereocenters. The maximum absolute atomic E-state index is 2.42. The Labute approximate surface area is 311 Å². The first-order valence-electron chi connectivity index (χ1n) is 18.2. The molecule has 10 aromatic carbocycles. The largest absolute Gasteiger partial charge is 0.135 e. The molecule has 0 radical (unpaired) electrons. The Balaban J connectivity index is 1.06. The van der Waals surface area contributed by atoms with Crippen molar-refractivity contribution in [3.05, 3.63) is 194 Å². The SMILES string of the molecule is c1ccc(-c2ccc3ccccc3c2)c(-c2ccc(-c3c4ccccc4c(-c4ccc5c(c4)sc4cc6ccccc6cc45)c4ccccc34)cc2)c1. The van der Waals surface area contributed by atoms with Gasteiger partial charge in [0.05, 0.1) is 0 Å². The van der Waals surface area contributed by atoms with Gasteiger partial charge in [0.1, 0.15) is 0 Å². The quantitative estimate of drug-likeness (QED) is 0.162. The summed E-state index contributed by atoms with van der Waals surface area (Å²) >= 11 is 1.90. The van der Waals surface area contributed by atoms with Crippen LogP contribution in [0.2, 0.25) is 0 Å². The molecule has 246 valence electrons. The van der Waals surface area contributed by atoms with Gasteiger partial charge in [0.25, 0.3) is 0 Å². The minimum atomic E-state index is 1.22. The highest BCUT2D eigenvalue weighted by Crippen LogP contribution is 2.46. The number of benzene rings is 10. The van der Waals surface area contributed by atoms with Gasteiger partial charge in [-0.25, -0.2) is 0 Å². The minimum Gasteiger partial charge on any atom is -0.135 e. The molecule has 0 bridgehead atoms. The van der Waals surface area contributed by atoms with Crippen molar-refractivity contribution in [2.24, 2.45) is 0 Å². The fourth-order valence-corrected chi connectivity index (χ4v) is 9.70. The monoisotopic (exact) mass is 688 g/mol. The summed E-state index contributed by atoms with van der Waals surface area (Å²) in [5, 5.41) is 12.9. The van der Waals surface area contributed by atoms with Gasteiger partial charge in [-0.2, -0.15) is 0 Å². The van der Waals surface area contributed by atoms with E-state index in [0.29, 0.717) is 0 Å². The second-order valence-corrected chi connectivity index (χ2v) is 15.1. The van der Waals surface area contributed by atoms with Crippen LogP contribution in [0.1, 0.15) is 0 Å². The normalized spacial score (nSPS) is 11.8. The first kappa shape index (κ1) is 30.1. The Morgan fingerprint density at radius 1 is 0.245 bits per heavy atom. The summed E-state index contributed by atoms with van der Waals surface area (Å²) in [6.45, 7) is 0. The zero-order chi connectivity index (χ0) is 34.9. The number of rotatable bonds is 4. The van der Waals surface area contributed by atoms with Crippen molar-refractivity contribution in [3.63, 3.8) is 0 Å². The maximum atomic E-state index is 2.42. The van der Waals surface area contributed by atoms with Crippen LogP contribution >= 0.6 is 11.3 Å². The van der Waals surface area contributed by atoms with Gasteiger partial charge in [0, 0.05) is 20.2 Å². The van der Waals surface area contributed by atoms with E-state index in [9.17, 15) is 0 Å². The molecule has 0 fully saturated rings. The third-order valence-electron chi connectivity index (χ3n) is 11.0. The van der Waals surface area contributed by atoms with E-state index in [1.165, 1.54) is 108 Å². The molecular weight excluding hydrogens is 657 g/mol. The third-order valence-corrected chi connectivity index (χ3v) is 12.1. The molecule has 0 aliphatic heterocycles. The zero-order valence-corrected chi connectivity index (χ0v) is 29.7. The molecule has 0 nitrogen and oxygen atoms in total. The molecule has 1 heteroatoms. The first-order valence-corrected chi connectivity index (χ1v) is 19.1. The average Bonchev–Trinajstić information content (AvgIpc) is 3.58. The zero-order valence-electron chi connectivity index (χ0n) is 28.9. The molecule has 0 aliphatic carbocycles. The number of thiophene rings is 1. The average molecular weight is 689 g/mol. The van der Waals surface area contributed by atoms with Crippen LogP contribution in [0.3, 0.4) is 0 Å². The predicted molar refractivity (Wildman–Crippen MR) is 231 cm³/mol. The van der Waals surface area contributed by atoms with E-state index in [1.807, 2.05) is 11.3 Å². The highest BCUT2D eigenvalue weighted by molar-refractivity contribution is 7.25. The van der Waals surface area contributed by atoms with Crippen LogP contribution in [0.4, 0.5) is 0 Å². The number of fused-ring (bicyclic) bond motifs is 7. The van der Waals surface area contributed by atoms with E-state index in [1.54, 1.807) is 0 Å². The molecule has 1 heterocycles. The fraction of sp³-hybridized carbons (Fsp3) is 0. The highest BCUT2D eigenvalue weighted by Gasteiger charge is 2.18. The Morgan fingerprint density at radius 3 is 1.36 bits per heavy atom. The van der Waals surface area contributed by atoms with E-state index in [0.717, 1.165) is 0 Å². The molecule has 53 heavy (non-hydrogen) atoms. The van der Waals surface area contributed by atoms with Crippen molar-refractivity contribution in [3.8, 4) is 44.5 Å². The van der Waals surface area contributed by atoms with Gasteiger partial charge in [-0.3, -0.25) is 0 Å². The molecule has 0 N–H and O–H groups in total. The van der Waals surface area contributed by atoms with Crippen molar-refractivity contribution in [1.82, 2.24) is 0 Å². The van der Waals surface area contributed by atoms with E-state index < -0.39 is 0 Å². The topological polar surface area (TPSA) is 0 Å². The minimum absolute atomic E-state index is 1.22. The highest BCUT2D eigenvalue weighted by atomic mass is 32.1. The molecule has 0 spiro atoms. The summed E-state index contributed by atoms with van der Waals surface area (Å²) in [6.07, 6.45) is 0. The van der Waals surface area contributed by atoms with Crippen molar-refractivity contribution in [2.75, 3.05) is 0 Å². The van der Waals surface area contributed by atoms with Crippen molar-refractivity contribution >= 4 is 74.6 Å². The van der Waals surface area contributed by atoms with E-state index >= 15 is 0 Å². The van der Waals surface area contributed by atoms with Crippen LogP contribution in [0.15, 0.2) is 194 Å². The third kappa shape index (κ3) is 4.89. The van der Waals surface area contributed by atoms with Gasteiger partial charge in [-0.1, -0.05) is 170 Å². The molecule has 0 saturated heterocycles. The Kier molecular flexibility index (Phi) is 6.83. The van der Waals surface area contributed by atoms with Crippen molar-refractivity contribution < 1.29 is 0 Å². The fourth-order valence-electron chi connectivity index (χ4n) is 8.53. The second-order valence-electron chi connectivity index (χ2n) is 14.0. The smallest absolute Gasteiger partial charge is 0.0361 e. The maximum Gasteiger partial charge on any atom is 0.0361 e. The van der Waals surface area contributed by atoms with Crippen molar-refractivity contribution in [2.45, 2.75) is 0 Å². The van der Waals surface area contributed by atoms with E-state index in [2.05, 4.69) is 194 Å². The Morgan fingerprint density at radius 2 is 0.698 bits per heavy atom.